The van der Waals surface area contributed by atoms with Crippen LogP contribution in [0.2, 0.25) is 0 Å². The molecule has 116 valence electrons. The number of aromatic amines is 1. The second kappa shape index (κ2) is 6.92. The molecule has 4 heteroatoms. The van der Waals surface area contributed by atoms with Crippen molar-refractivity contribution in [2.45, 2.75) is 19.8 Å². The molecule has 1 amide bonds. The van der Waals surface area contributed by atoms with Crippen molar-refractivity contribution >= 4 is 11.6 Å². The number of rotatable bonds is 5. The summed E-state index contributed by atoms with van der Waals surface area (Å²) in [5, 5.41) is 2.93. The lowest BCUT2D eigenvalue weighted by Gasteiger charge is -2.07. The number of nitrogens with zero attached hydrogens (tertiary/aromatic N) is 1. The number of benzene rings is 2. The minimum Gasteiger partial charge on any atom is -0.345 e. The Hall–Kier alpha value is -2.88. The van der Waals surface area contributed by atoms with Gasteiger partial charge in [0.25, 0.3) is 0 Å². The zero-order valence-electron chi connectivity index (χ0n) is 13.0. The Morgan fingerprint density at radius 1 is 1.17 bits per heavy atom. The molecule has 0 aliphatic carbocycles. The first kappa shape index (κ1) is 15.0. The summed E-state index contributed by atoms with van der Waals surface area (Å²) in [6.45, 7) is 2.06. The van der Waals surface area contributed by atoms with E-state index < -0.39 is 0 Å². The number of imidazole rings is 1. The minimum atomic E-state index is 0.0285. The summed E-state index contributed by atoms with van der Waals surface area (Å²) in [7, 11) is 0. The van der Waals surface area contributed by atoms with E-state index in [-0.39, 0.29) is 5.91 Å². The van der Waals surface area contributed by atoms with E-state index in [9.17, 15) is 4.79 Å². The topological polar surface area (TPSA) is 57.8 Å². The standard InChI is InChI=1S/C19H19N3O/c1-14-3-2-4-15(11-14)5-10-19(23)22-17-8-6-16(7-9-17)18-12-20-13-21-18/h2-4,6-9,11-13H,5,10H2,1H3,(H,20,21)(H,22,23). The lowest BCUT2D eigenvalue weighted by molar-refractivity contribution is -0.116. The molecule has 0 bridgehead atoms. The van der Waals surface area contributed by atoms with E-state index in [1.165, 1.54) is 11.1 Å². The number of hydrogen-bond donors (Lipinski definition) is 2. The Bertz CT molecular complexity index is 777. The monoisotopic (exact) mass is 305 g/mol. The summed E-state index contributed by atoms with van der Waals surface area (Å²) in [6.07, 6.45) is 4.65. The van der Waals surface area contributed by atoms with Crippen LogP contribution in [-0.2, 0) is 11.2 Å². The van der Waals surface area contributed by atoms with Crippen LogP contribution in [0.3, 0.4) is 0 Å². The van der Waals surface area contributed by atoms with Crippen LogP contribution in [-0.4, -0.2) is 15.9 Å². The van der Waals surface area contributed by atoms with Gasteiger partial charge in [-0.15, -0.1) is 0 Å². The van der Waals surface area contributed by atoms with Crippen molar-refractivity contribution in [3.63, 3.8) is 0 Å². The quantitative estimate of drug-likeness (QED) is 0.749. The average Bonchev–Trinajstić information content (AvgIpc) is 3.08. The van der Waals surface area contributed by atoms with Crippen LogP contribution in [0.4, 0.5) is 5.69 Å². The summed E-state index contributed by atoms with van der Waals surface area (Å²) in [5.41, 5.74) is 5.22. The Morgan fingerprint density at radius 3 is 2.70 bits per heavy atom. The summed E-state index contributed by atoms with van der Waals surface area (Å²) in [4.78, 5) is 19.1. The van der Waals surface area contributed by atoms with Crippen LogP contribution in [0, 0.1) is 6.92 Å². The fraction of sp³-hybridized carbons (Fsp3) is 0.158. The summed E-state index contributed by atoms with van der Waals surface area (Å²) in [5.74, 6) is 0.0285. The molecule has 0 fully saturated rings. The molecule has 23 heavy (non-hydrogen) atoms. The highest BCUT2D eigenvalue weighted by Gasteiger charge is 2.04. The van der Waals surface area contributed by atoms with Gasteiger partial charge in [-0.3, -0.25) is 4.79 Å². The minimum absolute atomic E-state index is 0.0285. The largest absolute Gasteiger partial charge is 0.345 e. The highest BCUT2D eigenvalue weighted by molar-refractivity contribution is 5.91. The first-order valence-electron chi connectivity index (χ1n) is 7.65. The van der Waals surface area contributed by atoms with Crippen molar-refractivity contribution in [2.24, 2.45) is 0 Å². The van der Waals surface area contributed by atoms with E-state index in [1.807, 2.05) is 30.3 Å². The second-order valence-corrected chi connectivity index (χ2v) is 5.58. The molecule has 2 aromatic carbocycles. The van der Waals surface area contributed by atoms with Gasteiger partial charge in [-0.1, -0.05) is 42.0 Å². The van der Waals surface area contributed by atoms with Crippen molar-refractivity contribution in [2.75, 3.05) is 5.32 Å². The van der Waals surface area contributed by atoms with Crippen LogP contribution < -0.4 is 5.32 Å². The maximum Gasteiger partial charge on any atom is 0.224 e. The molecular weight excluding hydrogens is 286 g/mol. The van der Waals surface area contributed by atoms with Gasteiger partial charge in [0.15, 0.2) is 0 Å². The van der Waals surface area contributed by atoms with Crippen molar-refractivity contribution < 1.29 is 4.79 Å². The molecule has 3 aromatic rings. The van der Waals surface area contributed by atoms with Crippen molar-refractivity contribution in [1.29, 1.82) is 0 Å². The Morgan fingerprint density at radius 2 is 2.00 bits per heavy atom. The highest BCUT2D eigenvalue weighted by atomic mass is 16.1. The zero-order valence-corrected chi connectivity index (χ0v) is 13.0. The van der Waals surface area contributed by atoms with Crippen LogP contribution >= 0.6 is 0 Å². The molecule has 0 saturated heterocycles. The fourth-order valence-electron chi connectivity index (χ4n) is 2.50. The van der Waals surface area contributed by atoms with E-state index in [1.54, 1.807) is 12.5 Å². The molecule has 1 aromatic heterocycles. The third kappa shape index (κ3) is 4.07. The molecule has 0 spiro atoms. The van der Waals surface area contributed by atoms with E-state index in [0.717, 1.165) is 23.4 Å². The Labute approximate surface area is 135 Å². The third-order valence-electron chi connectivity index (χ3n) is 3.70. The number of carbonyl (C=O) groups is 1. The molecular formula is C19H19N3O. The van der Waals surface area contributed by atoms with Crippen LogP contribution in [0.5, 0.6) is 0 Å². The molecule has 0 unspecified atom stereocenters. The molecule has 0 atom stereocenters. The number of aromatic nitrogens is 2. The maximum atomic E-state index is 12.1. The van der Waals surface area contributed by atoms with Gasteiger partial charge >= 0.3 is 0 Å². The van der Waals surface area contributed by atoms with Crippen molar-refractivity contribution in [3.8, 4) is 11.3 Å². The number of nitrogens with one attached hydrogen (secondary N) is 2. The van der Waals surface area contributed by atoms with Gasteiger partial charge in [0.1, 0.15) is 0 Å². The SMILES string of the molecule is Cc1cccc(CCC(=O)Nc2ccc(-c3cnc[nH]3)cc2)c1. The van der Waals surface area contributed by atoms with Crippen molar-refractivity contribution in [3.05, 3.63) is 72.2 Å². The van der Waals surface area contributed by atoms with Crippen LogP contribution in [0.1, 0.15) is 17.5 Å². The van der Waals surface area contributed by atoms with E-state index in [4.69, 9.17) is 0 Å². The van der Waals surface area contributed by atoms with E-state index >= 15 is 0 Å². The molecule has 1 heterocycles. The van der Waals surface area contributed by atoms with Gasteiger partial charge in [0.05, 0.1) is 18.2 Å². The number of carbonyl (C=O) groups excluding carboxylic acids is 1. The van der Waals surface area contributed by atoms with E-state index in [2.05, 4.69) is 40.4 Å². The zero-order chi connectivity index (χ0) is 16.1. The summed E-state index contributed by atoms with van der Waals surface area (Å²) in [6, 6.07) is 16.0. The molecule has 0 radical (unpaired) electrons. The second-order valence-electron chi connectivity index (χ2n) is 5.58. The number of hydrogen-bond acceptors (Lipinski definition) is 2. The van der Waals surface area contributed by atoms with Gasteiger partial charge in [-0.05, 0) is 36.6 Å². The maximum absolute atomic E-state index is 12.1. The van der Waals surface area contributed by atoms with Crippen LogP contribution in [0.15, 0.2) is 61.1 Å². The lowest BCUT2D eigenvalue weighted by Crippen LogP contribution is -2.12. The predicted molar refractivity (Wildman–Crippen MR) is 92.2 cm³/mol. The average molecular weight is 305 g/mol. The van der Waals surface area contributed by atoms with Crippen molar-refractivity contribution in [1.82, 2.24) is 9.97 Å². The van der Waals surface area contributed by atoms with Gasteiger partial charge in [-0.2, -0.15) is 0 Å². The lowest BCUT2D eigenvalue weighted by atomic mass is 10.1. The molecule has 2 N–H and O–H groups in total. The Kier molecular flexibility index (Phi) is 4.52. The smallest absolute Gasteiger partial charge is 0.224 e. The Balaban J connectivity index is 1.55. The summed E-state index contributed by atoms with van der Waals surface area (Å²) >= 11 is 0. The first-order valence-corrected chi connectivity index (χ1v) is 7.65. The van der Waals surface area contributed by atoms with Crippen LogP contribution in [0.25, 0.3) is 11.3 Å². The highest BCUT2D eigenvalue weighted by Crippen LogP contribution is 2.19. The molecule has 3 rings (SSSR count). The number of anilines is 1. The van der Waals surface area contributed by atoms with Gasteiger partial charge in [0.2, 0.25) is 5.91 Å². The predicted octanol–water partition coefficient (Wildman–Crippen LogP) is 3.96. The molecule has 0 aliphatic heterocycles. The normalized spacial score (nSPS) is 10.5. The third-order valence-corrected chi connectivity index (χ3v) is 3.70. The number of aryl methyl sites for hydroxylation is 2. The molecule has 0 aliphatic rings. The van der Waals surface area contributed by atoms with Gasteiger partial charge in [0, 0.05) is 12.1 Å². The van der Waals surface area contributed by atoms with Gasteiger partial charge in [-0.25, -0.2) is 4.98 Å². The van der Waals surface area contributed by atoms with Gasteiger partial charge < -0.3 is 10.3 Å². The fourth-order valence-corrected chi connectivity index (χ4v) is 2.50. The van der Waals surface area contributed by atoms with E-state index in [0.29, 0.717) is 6.42 Å². The number of amides is 1. The summed E-state index contributed by atoms with van der Waals surface area (Å²) < 4.78 is 0. The number of H-pyrrole nitrogens is 1. The molecule has 0 saturated carbocycles. The first-order chi connectivity index (χ1) is 11.2. The molecule has 4 nitrogen and oxygen atoms in total.